The van der Waals surface area contributed by atoms with E-state index < -0.39 is 0 Å². The van der Waals surface area contributed by atoms with Gasteiger partial charge in [-0.05, 0) is 62.3 Å². The molecule has 2 rings (SSSR count). The predicted molar refractivity (Wildman–Crippen MR) is 80.6 cm³/mol. The molecule has 2 heterocycles. The average Bonchev–Trinajstić information content (AvgIpc) is 2.74. The zero-order chi connectivity index (χ0) is 13.4. The molecule has 0 fully saturated rings. The maximum Gasteiger partial charge on any atom is 0.106 e. The van der Waals surface area contributed by atoms with Gasteiger partial charge in [-0.1, -0.05) is 0 Å². The minimum absolute atomic E-state index is 0.190. The quantitative estimate of drug-likeness (QED) is 0.887. The largest absolute Gasteiger partial charge is 0.466 e. The van der Waals surface area contributed by atoms with E-state index in [1.807, 2.05) is 32.2 Å². The number of thiophene rings is 1. The molecule has 0 aliphatic rings. The van der Waals surface area contributed by atoms with Gasteiger partial charge >= 0.3 is 0 Å². The summed E-state index contributed by atoms with van der Waals surface area (Å²) in [5, 5.41) is 3.40. The first-order chi connectivity index (χ1) is 8.45. The van der Waals surface area contributed by atoms with E-state index in [9.17, 15) is 0 Å². The summed E-state index contributed by atoms with van der Waals surface area (Å²) in [5.41, 5.74) is 2.50. The second-order valence-corrected chi connectivity index (χ2v) is 6.69. The lowest BCUT2D eigenvalue weighted by molar-refractivity contribution is 0.496. The Morgan fingerprint density at radius 1 is 1.22 bits per heavy atom. The van der Waals surface area contributed by atoms with Gasteiger partial charge in [-0.25, -0.2) is 0 Å². The summed E-state index contributed by atoms with van der Waals surface area (Å²) >= 11 is 5.47. The molecule has 0 aliphatic carbocycles. The lowest BCUT2D eigenvalue weighted by Gasteiger charge is -2.16. The molecule has 0 saturated heterocycles. The van der Waals surface area contributed by atoms with Crippen molar-refractivity contribution in [3.63, 3.8) is 0 Å². The Morgan fingerprint density at radius 3 is 2.28 bits per heavy atom. The number of halogens is 1. The fraction of sp³-hybridized carbons (Fsp3) is 0.429. The highest BCUT2D eigenvalue weighted by atomic mass is 79.9. The van der Waals surface area contributed by atoms with Gasteiger partial charge in [0.1, 0.15) is 11.5 Å². The van der Waals surface area contributed by atoms with E-state index in [0.717, 1.165) is 11.5 Å². The molecule has 1 N–H and O–H groups in total. The van der Waals surface area contributed by atoms with Crippen molar-refractivity contribution in [2.24, 2.45) is 0 Å². The van der Waals surface area contributed by atoms with Crippen LogP contribution in [0.5, 0.6) is 0 Å². The molecule has 0 bridgehead atoms. The highest BCUT2D eigenvalue weighted by Gasteiger charge is 2.24. The van der Waals surface area contributed by atoms with Crippen LogP contribution in [0.3, 0.4) is 0 Å². The molecular weight excluding hydrogens is 310 g/mol. The van der Waals surface area contributed by atoms with Crippen LogP contribution < -0.4 is 5.32 Å². The normalized spacial score (nSPS) is 13.0. The van der Waals surface area contributed by atoms with Gasteiger partial charge in [0.2, 0.25) is 0 Å². The van der Waals surface area contributed by atoms with Crippen LogP contribution in [0.4, 0.5) is 0 Å². The van der Waals surface area contributed by atoms with Gasteiger partial charge in [0.25, 0.3) is 0 Å². The van der Waals surface area contributed by atoms with Gasteiger partial charge in [0.05, 0.1) is 6.04 Å². The summed E-state index contributed by atoms with van der Waals surface area (Å²) in [5.74, 6) is 2.01. The second-order valence-electron chi connectivity index (χ2n) is 4.54. The van der Waals surface area contributed by atoms with Gasteiger partial charge in [0.15, 0.2) is 0 Å². The van der Waals surface area contributed by atoms with Crippen molar-refractivity contribution in [3.05, 3.63) is 42.9 Å². The Morgan fingerprint density at radius 2 is 1.89 bits per heavy atom. The van der Waals surface area contributed by atoms with Crippen molar-refractivity contribution < 1.29 is 4.42 Å². The van der Waals surface area contributed by atoms with Crippen molar-refractivity contribution in [2.75, 3.05) is 7.05 Å². The standard InChI is InChI=1S/C14H18BrNOS/c1-7-6-11(15)14(18-7)13(16-5)12-8(2)9(3)17-10(12)4/h6,13,16H,1-5H3. The molecule has 0 radical (unpaired) electrons. The van der Waals surface area contributed by atoms with E-state index in [-0.39, 0.29) is 6.04 Å². The Labute approximate surface area is 121 Å². The Balaban J connectivity index is 2.55. The molecular formula is C14H18BrNOS. The second kappa shape index (κ2) is 5.19. The minimum atomic E-state index is 0.190. The summed E-state index contributed by atoms with van der Waals surface area (Å²) in [4.78, 5) is 2.62. The van der Waals surface area contributed by atoms with Crippen molar-refractivity contribution in [2.45, 2.75) is 33.7 Å². The summed E-state index contributed by atoms with van der Waals surface area (Å²) < 4.78 is 6.91. The highest BCUT2D eigenvalue weighted by molar-refractivity contribution is 9.10. The first kappa shape index (κ1) is 13.8. The van der Waals surface area contributed by atoms with Crippen LogP contribution in [-0.2, 0) is 0 Å². The minimum Gasteiger partial charge on any atom is -0.466 e. The summed E-state index contributed by atoms with van der Waals surface area (Å²) in [6.07, 6.45) is 0. The van der Waals surface area contributed by atoms with Crippen molar-refractivity contribution in [3.8, 4) is 0 Å². The zero-order valence-corrected chi connectivity index (χ0v) is 13.8. The van der Waals surface area contributed by atoms with E-state index in [1.54, 1.807) is 0 Å². The summed E-state index contributed by atoms with van der Waals surface area (Å²) in [6, 6.07) is 2.36. The molecule has 98 valence electrons. The number of hydrogen-bond acceptors (Lipinski definition) is 3. The average molecular weight is 328 g/mol. The van der Waals surface area contributed by atoms with Crippen molar-refractivity contribution in [1.29, 1.82) is 0 Å². The van der Waals surface area contributed by atoms with Crippen molar-refractivity contribution >= 4 is 27.3 Å². The smallest absolute Gasteiger partial charge is 0.106 e. The molecule has 0 aromatic carbocycles. The fourth-order valence-electron chi connectivity index (χ4n) is 2.34. The van der Waals surface area contributed by atoms with Crippen LogP contribution in [0.25, 0.3) is 0 Å². The number of aryl methyl sites for hydroxylation is 3. The Hall–Kier alpha value is -0.580. The number of nitrogens with one attached hydrogen (secondary N) is 1. The van der Waals surface area contributed by atoms with Crippen LogP contribution >= 0.6 is 27.3 Å². The molecule has 4 heteroatoms. The van der Waals surface area contributed by atoms with Crippen LogP contribution in [0.2, 0.25) is 0 Å². The molecule has 2 nitrogen and oxygen atoms in total. The highest BCUT2D eigenvalue weighted by Crippen LogP contribution is 2.38. The monoisotopic (exact) mass is 327 g/mol. The zero-order valence-electron chi connectivity index (χ0n) is 11.3. The Kier molecular flexibility index (Phi) is 3.99. The number of hydrogen-bond donors (Lipinski definition) is 1. The molecule has 1 atom stereocenters. The van der Waals surface area contributed by atoms with Crippen molar-refractivity contribution in [1.82, 2.24) is 5.32 Å². The molecule has 2 aromatic rings. The summed E-state index contributed by atoms with van der Waals surface area (Å²) in [7, 11) is 1.99. The van der Waals surface area contributed by atoms with E-state index in [2.05, 4.69) is 41.2 Å². The van der Waals surface area contributed by atoms with Gasteiger partial charge in [0, 0.05) is 19.8 Å². The summed E-state index contributed by atoms with van der Waals surface area (Å²) in [6.45, 7) is 8.31. The van der Waals surface area contributed by atoms with Crippen LogP contribution in [0, 0.1) is 27.7 Å². The maximum absolute atomic E-state index is 5.75. The van der Waals surface area contributed by atoms with Gasteiger partial charge < -0.3 is 9.73 Å². The first-order valence-electron chi connectivity index (χ1n) is 5.95. The third-order valence-electron chi connectivity index (χ3n) is 3.29. The third kappa shape index (κ3) is 2.29. The number of rotatable bonds is 3. The lowest BCUT2D eigenvalue weighted by atomic mass is 10.0. The first-order valence-corrected chi connectivity index (χ1v) is 7.56. The van der Waals surface area contributed by atoms with E-state index in [1.165, 1.54) is 25.4 Å². The number of furan rings is 1. The fourth-order valence-corrected chi connectivity index (χ4v) is 4.34. The molecule has 0 amide bonds. The van der Waals surface area contributed by atoms with E-state index >= 15 is 0 Å². The van der Waals surface area contributed by atoms with E-state index in [0.29, 0.717) is 0 Å². The molecule has 0 saturated carbocycles. The predicted octanol–water partition coefficient (Wildman–Crippen LogP) is 4.65. The molecule has 18 heavy (non-hydrogen) atoms. The third-order valence-corrected chi connectivity index (χ3v) is 5.33. The maximum atomic E-state index is 5.75. The van der Waals surface area contributed by atoms with E-state index in [4.69, 9.17) is 4.42 Å². The molecule has 0 aliphatic heterocycles. The molecule has 1 unspecified atom stereocenters. The molecule has 2 aromatic heterocycles. The lowest BCUT2D eigenvalue weighted by Crippen LogP contribution is -2.18. The Bertz CT molecular complexity index is 571. The van der Waals surface area contributed by atoms with Crippen LogP contribution in [-0.4, -0.2) is 7.05 Å². The topological polar surface area (TPSA) is 25.2 Å². The molecule has 0 spiro atoms. The van der Waals surface area contributed by atoms with Crippen LogP contribution in [0.15, 0.2) is 15.0 Å². The van der Waals surface area contributed by atoms with Gasteiger partial charge in [-0.2, -0.15) is 0 Å². The SMILES string of the molecule is CNC(c1sc(C)cc1Br)c1c(C)oc(C)c1C. The van der Waals surface area contributed by atoms with Gasteiger partial charge in [-0.15, -0.1) is 11.3 Å². The van der Waals surface area contributed by atoms with Crippen LogP contribution in [0.1, 0.15) is 38.4 Å². The van der Waals surface area contributed by atoms with Gasteiger partial charge in [-0.3, -0.25) is 0 Å².